The van der Waals surface area contributed by atoms with Crippen molar-refractivity contribution in [1.29, 1.82) is 0 Å². The third-order valence-corrected chi connectivity index (χ3v) is 4.61. The first-order chi connectivity index (χ1) is 13.2. The Kier molecular flexibility index (Phi) is 4.71. The van der Waals surface area contributed by atoms with Gasteiger partial charge in [0.1, 0.15) is 0 Å². The Balaban J connectivity index is 1.50. The lowest BCUT2D eigenvalue weighted by atomic mass is 10.1. The van der Waals surface area contributed by atoms with Crippen LogP contribution in [0.25, 0.3) is 22.6 Å². The van der Waals surface area contributed by atoms with Gasteiger partial charge in [0.25, 0.3) is 0 Å². The minimum Gasteiger partial charge on any atom is -0.344 e. The first kappa shape index (κ1) is 17.0. The van der Waals surface area contributed by atoms with Crippen molar-refractivity contribution in [3.63, 3.8) is 0 Å². The first-order valence-electron chi connectivity index (χ1n) is 8.23. The Morgan fingerprint density at radius 2 is 2.07 bits per heavy atom. The van der Waals surface area contributed by atoms with Crippen LogP contribution < -0.4 is 5.32 Å². The number of nitrogens with zero attached hydrogens (tertiary/aromatic N) is 4. The SMILES string of the molecule is Cc1nc(-c2cccc(-c3noc(C(=O)NCc4cccnc4)n3)c2)cs1. The average molecular weight is 377 g/mol. The number of rotatable bonds is 5. The fourth-order valence-corrected chi connectivity index (χ4v) is 3.13. The number of carbonyl (C=O) groups excluding carboxylic acids is 1. The van der Waals surface area contributed by atoms with E-state index in [0.29, 0.717) is 12.4 Å². The zero-order valence-electron chi connectivity index (χ0n) is 14.4. The molecule has 7 nitrogen and oxygen atoms in total. The second kappa shape index (κ2) is 7.46. The maximum atomic E-state index is 12.2. The lowest BCUT2D eigenvalue weighted by Crippen LogP contribution is -2.23. The minimum atomic E-state index is -0.427. The van der Waals surface area contributed by atoms with Gasteiger partial charge < -0.3 is 9.84 Å². The van der Waals surface area contributed by atoms with Crippen molar-refractivity contribution in [3.8, 4) is 22.6 Å². The molecule has 1 aromatic carbocycles. The van der Waals surface area contributed by atoms with Crippen LogP contribution in [0.5, 0.6) is 0 Å². The summed E-state index contributed by atoms with van der Waals surface area (Å²) in [6.07, 6.45) is 3.36. The van der Waals surface area contributed by atoms with Crippen LogP contribution in [0.3, 0.4) is 0 Å². The second-order valence-corrected chi connectivity index (χ2v) is 6.86. The highest BCUT2D eigenvalue weighted by atomic mass is 32.1. The molecular weight excluding hydrogens is 362 g/mol. The van der Waals surface area contributed by atoms with E-state index in [1.54, 1.807) is 23.7 Å². The van der Waals surface area contributed by atoms with Crippen LogP contribution in [0, 0.1) is 6.92 Å². The van der Waals surface area contributed by atoms with Gasteiger partial charge in [-0.25, -0.2) is 4.98 Å². The molecule has 8 heteroatoms. The summed E-state index contributed by atoms with van der Waals surface area (Å²) in [5.41, 5.74) is 3.51. The number of aryl methyl sites for hydroxylation is 1. The average Bonchev–Trinajstić information content (AvgIpc) is 3.36. The van der Waals surface area contributed by atoms with Gasteiger partial charge in [-0.3, -0.25) is 9.78 Å². The molecule has 27 heavy (non-hydrogen) atoms. The summed E-state index contributed by atoms with van der Waals surface area (Å²) in [6, 6.07) is 11.3. The molecule has 0 fully saturated rings. The van der Waals surface area contributed by atoms with E-state index in [9.17, 15) is 4.79 Å². The monoisotopic (exact) mass is 377 g/mol. The van der Waals surface area contributed by atoms with Crippen molar-refractivity contribution in [1.82, 2.24) is 25.4 Å². The summed E-state index contributed by atoms with van der Waals surface area (Å²) in [5.74, 6) is -0.150. The quantitative estimate of drug-likeness (QED) is 0.572. The molecule has 1 N–H and O–H groups in total. The molecule has 3 heterocycles. The van der Waals surface area contributed by atoms with E-state index in [2.05, 4.69) is 25.4 Å². The number of carbonyl (C=O) groups is 1. The highest BCUT2D eigenvalue weighted by Crippen LogP contribution is 2.25. The zero-order valence-corrected chi connectivity index (χ0v) is 15.2. The molecule has 0 aliphatic heterocycles. The van der Waals surface area contributed by atoms with E-state index < -0.39 is 5.91 Å². The smallest absolute Gasteiger partial charge is 0.316 e. The van der Waals surface area contributed by atoms with Gasteiger partial charge in [0.2, 0.25) is 5.82 Å². The molecule has 1 amide bonds. The van der Waals surface area contributed by atoms with E-state index in [4.69, 9.17) is 4.52 Å². The molecule has 0 atom stereocenters. The lowest BCUT2D eigenvalue weighted by molar-refractivity contribution is 0.0907. The van der Waals surface area contributed by atoms with Crippen molar-refractivity contribution in [2.24, 2.45) is 0 Å². The molecule has 4 aromatic rings. The van der Waals surface area contributed by atoms with Crippen LogP contribution in [-0.4, -0.2) is 26.0 Å². The largest absolute Gasteiger partial charge is 0.344 e. The van der Waals surface area contributed by atoms with E-state index in [-0.39, 0.29) is 5.89 Å². The maximum absolute atomic E-state index is 12.2. The molecule has 0 spiro atoms. The fourth-order valence-electron chi connectivity index (χ4n) is 2.51. The molecule has 0 radical (unpaired) electrons. The highest BCUT2D eigenvalue weighted by molar-refractivity contribution is 7.09. The molecule has 134 valence electrons. The van der Waals surface area contributed by atoms with Gasteiger partial charge >= 0.3 is 11.8 Å². The van der Waals surface area contributed by atoms with Gasteiger partial charge in [0.15, 0.2) is 0 Å². The van der Waals surface area contributed by atoms with Gasteiger partial charge in [-0.2, -0.15) is 4.98 Å². The third-order valence-electron chi connectivity index (χ3n) is 3.83. The van der Waals surface area contributed by atoms with Crippen LogP contribution in [-0.2, 0) is 6.54 Å². The summed E-state index contributed by atoms with van der Waals surface area (Å²) >= 11 is 1.59. The highest BCUT2D eigenvalue weighted by Gasteiger charge is 2.16. The van der Waals surface area contributed by atoms with Crippen molar-refractivity contribution in [2.45, 2.75) is 13.5 Å². The van der Waals surface area contributed by atoms with E-state index in [0.717, 1.165) is 27.4 Å². The molecule has 0 aliphatic carbocycles. The summed E-state index contributed by atoms with van der Waals surface area (Å²) < 4.78 is 5.12. The third kappa shape index (κ3) is 3.90. The fraction of sp³-hybridized carbons (Fsp3) is 0.105. The number of hydrogen-bond donors (Lipinski definition) is 1. The van der Waals surface area contributed by atoms with Crippen molar-refractivity contribution in [3.05, 3.63) is 70.6 Å². The van der Waals surface area contributed by atoms with Gasteiger partial charge in [0.05, 0.1) is 10.7 Å². The van der Waals surface area contributed by atoms with E-state index >= 15 is 0 Å². The topological polar surface area (TPSA) is 93.8 Å². The van der Waals surface area contributed by atoms with Crippen LogP contribution in [0.1, 0.15) is 21.3 Å². The number of amides is 1. The Bertz CT molecular complexity index is 1070. The molecule has 0 saturated heterocycles. The molecule has 0 aliphatic rings. The van der Waals surface area contributed by atoms with Gasteiger partial charge in [-0.1, -0.05) is 29.4 Å². The maximum Gasteiger partial charge on any atom is 0.316 e. The molecule has 0 unspecified atom stereocenters. The number of hydrogen-bond acceptors (Lipinski definition) is 7. The molecular formula is C19H15N5O2S. The van der Waals surface area contributed by atoms with Crippen molar-refractivity contribution >= 4 is 17.2 Å². The number of benzene rings is 1. The minimum absolute atomic E-state index is 0.0798. The summed E-state index contributed by atoms with van der Waals surface area (Å²) in [4.78, 5) is 24.9. The summed E-state index contributed by atoms with van der Waals surface area (Å²) in [5, 5.41) is 9.67. The summed E-state index contributed by atoms with van der Waals surface area (Å²) in [6.45, 7) is 2.30. The number of thiazole rings is 1. The molecule has 0 bridgehead atoms. The molecule has 4 rings (SSSR count). The second-order valence-electron chi connectivity index (χ2n) is 5.80. The Morgan fingerprint density at radius 1 is 1.19 bits per heavy atom. The molecule has 3 aromatic heterocycles. The Hall–Kier alpha value is -3.39. The zero-order chi connectivity index (χ0) is 18.6. The molecule has 0 saturated carbocycles. The Labute approximate surface area is 159 Å². The van der Waals surface area contributed by atoms with Gasteiger partial charge in [0, 0.05) is 35.4 Å². The van der Waals surface area contributed by atoms with Crippen molar-refractivity contribution < 1.29 is 9.32 Å². The van der Waals surface area contributed by atoms with Gasteiger partial charge in [-0.15, -0.1) is 11.3 Å². The standard InChI is InChI=1S/C19H15N5O2S/c1-12-22-16(11-27-12)14-5-2-6-15(8-14)17-23-19(26-24-17)18(25)21-10-13-4-3-7-20-9-13/h2-9,11H,10H2,1H3,(H,21,25). The summed E-state index contributed by atoms with van der Waals surface area (Å²) in [7, 11) is 0. The predicted molar refractivity (Wildman–Crippen MR) is 101 cm³/mol. The van der Waals surface area contributed by atoms with Gasteiger partial charge in [-0.05, 0) is 24.6 Å². The predicted octanol–water partition coefficient (Wildman–Crippen LogP) is 3.49. The number of nitrogens with one attached hydrogen (secondary N) is 1. The lowest BCUT2D eigenvalue weighted by Gasteiger charge is -2.01. The van der Waals surface area contributed by atoms with Crippen LogP contribution in [0.15, 0.2) is 58.7 Å². The van der Waals surface area contributed by atoms with Crippen LogP contribution in [0.2, 0.25) is 0 Å². The number of pyridine rings is 1. The van der Waals surface area contributed by atoms with E-state index in [1.165, 1.54) is 0 Å². The van der Waals surface area contributed by atoms with Crippen LogP contribution >= 0.6 is 11.3 Å². The van der Waals surface area contributed by atoms with Crippen molar-refractivity contribution in [2.75, 3.05) is 0 Å². The Morgan fingerprint density at radius 3 is 2.85 bits per heavy atom. The van der Waals surface area contributed by atoms with E-state index in [1.807, 2.05) is 48.7 Å². The number of aromatic nitrogens is 4. The van der Waals surface area contributed by atoms with Crippen LogP contribution in [0.4, 0.5) is 0 Å². The first-order valence-corrected chi connectivity index (χ1v) is 9.11. The normalized spacial score (nSPS) is 10.7.